The first-order chi connectivity index (χ1) is 7.72. The van der Waals surface area contributed by atoms with Crippen LogP contribution < -0.4 is 0 Å². The zero-order chi connectivity index (χ0) is 11.8. The lowest BCUT2D eigenvalue weighted by Gasteiger charge is -2.09. The quantitative estimate of drug-likeness (QED) is 0.654. The summed E-state index contributed by atoms with van der Waals surface area (Å²) in [6, 6.07) is 8.29. The molecule has 88 valence electrons. The summed E-state index contributed by atoms with van der Waals surface area (Å²) in [6.07, 6.45) is 2.93. The highest BCUT2D eigenvalue weighted by Gasteiger charge is 1.94. The molecule has 0 fully saturated rings. The molecule has 16 heavy (non-hydrogen) atoms. The second-order valence-electron chi connectivity index (χ2n) is 4.16. The Morgan fingerprint density at radius 1 is 1.25 bits per heavy atom. The van der Waals surface area contributed by atoms with Crippen molar-refractivity contribution in [3.63, 3.8) is 0 Å². The molecule has 0 amide bonds. The molecule has 0 aromatic heterocycles. The molecule has 0 aliphatic rings. The van der Waals surface area contributed by atoms with Crippen LogP contribution in [-0.4, -0.2) is 32.1 Å². The van der Waals surface area contributed by atoms with Crippen molar-refractivity contribution in [1.29, 1.82) is 0 Å². The van der Waals surface area contributed by atoms with E-state index in [9.17, 15) is 0 Å². The molecule has 1 aromatic rings. The molecule has 0 spiro atoms. The smallest absolute Gasteiger partial charge is 0.0716 e. The summed E-state index contributed by atoms with van der Waals surface area (Å²) in [5.74, 6) is 0. The molecule has 0 atom stereocenters. The fraction of sp³-hybridized carbons (Fsp3) is 0.429. The molecule has 0 saturated heterocycles. The average molecular weight is 219 g/mol. The number of nitrogens with zero attached hydrogens (tertiary/aromatic N) is 1. The van der Waals surface area contributed by atoms with E-state index in [0.29, 0.717) is 6.61 Å². The summed E-state index contributed by atoms with van der Waals surface area (Å²) in [5.41, 5.74) is 2.37. The van der Waals surface area contributed by atoms with E-state index in [2.05, 4.69) is 49.8 Å². The largest absolute Gasteiger partial charge is 0.377 e. The maximum Gasteiger partial charge on any atom is 0.0716 e. The van der Waals surface area contributed by atoms with Gasteiger partial charge < -0.3 is 9.64 Å². The highest BCUT2D eigenvalue weighted by molar-refractivity contribution is 5.47. The van der Waals surface area contributed by atoms with E-state index in [1.807, 2.05) is 6.08 Å². The van der Waals surface area contributed by atoms with Crippen molar-refractivity contribution in [2.45, 2.75) is 13.0 Å². The van der Waals surface area contributed by atoms with Crippen LogP contribution in [0.2, 0.25) is 0 Å². The summed E-state index contributed by atoms with van der Waals surface area (Å²) in [4.78, 5) is 2.17. The van der Waals surface area contributed by atoms with Crippen molar-refractivity contribution >= 4 is 6.08 Å². The second-order valence-corrected chi connectivity index (χ2v) is 4.16. The van der Waals surface area contributed by atoms with Crippen molar-refractivity contribution in [3.05, 3.63) is 42.0 Å². The Bertz CT molecular complexity index is 303. The zero-order valence-corrected chi connectivity index (χ0v) is 10.3. The van der Waals surface area contributed by atoms with Crippen LogP contribution in [0.4, 0.5) is 0 Å². The van der Waals surface area contributed by atoms with Gasteiger partial charge in [-0.2, -0.15) is 0 Å². The van der Waals surface area contributed by atoms with Gasteiger partial charge in [-0.3, -0.25) is 0 Å². The Balaban J connectivity index is 2.19. The third-order valence-electron chi connectivity index (χ3n) is 2.38. The average Bonchev–Trinajstić information content (AvgIpc) is 2.29. The molecule has 2 heteroatoms. The predicted octanol–water partition coefficient (Wildman–Crippen LogP) is 2.80. The summed E-state index contributed by atoms with van der Waals surface area (Å²) in [5, 5.41) is 0. The predicted molar refractivity (Wildman–Crippen MR) is 69.4 cm³/mol. The highest BCUT2D eigenvalue weighted by atomic mass is 16.5. The monoisotopic (exact) mass is 219 g/mol. The first-order valence-corrected chi connectivity index (χ1v) is 5.66. The van der Waals surface area contributed by atoms with E-state index in [0.717, 1.165) is 25.1 Å². The number of hydrogen-bond donors (Lipinski definition) is 0. The lowest BCUT2D eigenvalue weighted by molar-refractivity contribution is 0.113. The lowest BCUT2D eigenvalue weighted by Crippen LogP contribution is -2.14. The van der Waals surface area contributed by atoms with Crippen LogP contribution in [0, 0.1) is 0 Å². The molecule has 0 bridgehead atoms. The number of rotatable bonds is 7. The van der Waals surface area contributed by atoms with Gasteiger partial charge in [-0.1, -0.05) is 36.9 Å². The maximum atomic E-state index is 5.59. The third-order valence-corrected chi connectivity index (χ3v) is 2.38. The van der Waals surface area contributed by atoms with Crippen LogP contribution in [0.15, 0.2) is 30.8 Å². The van der Waals surface area contributed by atoms with Gasteiger partial charge in [0.15, 0.2) is 0 Å². The maximum absolute atomic E-state index is 5.59. The summed E-state index contributed by atoms with van der Waals surface area (Å²) in [7, 11) is 4.15. The minimum absolute atomic E-state index is 0.699. The fourth-order valence-electron chi connectivity index (χ4n) is 1.42. The van der Waals surface area contributed by atoms with Gasteiger partial charge in [-0.05, 0) is 38.2 Å². The van der Waals surface area contributed by atoms with Gasteiger partial charge >= 0.3 is 0 Å². The molecule has 0 radical (unpaired) electrons. The van der Waals surface area contributed by atoms with E-state index in [1.54, 1.807) is 0 Å². The number of hydrogen-bond acceptors (Lipinski definition) is 2. The van der Waals surface area contributed by atoms with Crippen LogP contribution in [0.25, 0.3) is 6.08 Å². The Kier molecular flexibility index (Phi) is 5.83. The topological polar surface area (TPSA) is 12.5 Å². The first kappa shape index (κ1) is 12.9. The molecular formula is C14H21NO. The lowest BCUT2D eigenvalue weighted by atomic mass is 10.1. The van der Waals surface area contributed by atoms with Crippen LogP contribution in [0.1, 0.15) is 17.5 Å². The van der Waals surface area contributed by atoms with Crippen LogP contribution in [0.3, 0.4) is 0 Å². The molecule has 1 rings (SSSR count). The third kappa shape index (κ3) is 5.10. The first-order valence-electron chi connectivity index (χ1n) is 5.66. The van der Waals surface area contributed by atoms with Crippen molar-refractivity contribution in [3.8, 4) is 0 Å². The van der Waals surface area contributed by atoms with E-state index >= 15 is 0 Å². The molecule has 0 aliphatic carbocycles. The molecule has 2 nitrogen and oxygen atoms in total. The van der Waals surface area contributed by atoms with E-state index in [4.69, 9.17) is 4.74 Å². The summed E-state index contributed by atoms with van der Waals surface area (Å²) >= 11 is 0. The standard InChI is InChI=1S/C14H21NO/c1-4-13-6-8-14(9-7-13)12-16-11-5-10-15(2)3/h4,6-9H,1,5,10-12H2,2-3H3. The van der Waals surface area contributed by atoms with Gasteiger partial charge in [0.05, 0.1) is 6.61 Å². The molecule has 0 saturated carbocycles. The minimum Gasteiger partial charge on any atom is -0.377 e. The van der Waals surface area contributed by atoms with Gasteiger partial charge in [-0.15, -0.1) is 0 Å². The fourth-order valence-corrected chi connectivity index (χ4v) is 1.42. The number of ether oxygens (including phenoxy) is 1. The van der Waals surface area contributed by atoms with Gasteiger partial charge in [-0.25, -0.2) is 0 Å². The summed E-state index contributed by atoms with van der Waals surface area (Å²) < 4.78 is 5.59. The minimum atomic E-state index is 0.699. The Morgan fingerprint density at radius 3 is 2.50 bits per heavy atom. The number of benzene rings is 1. The zero-order valence-electron chi connectivity index (χ0n) is 10.3. The SMILES string of the molecule is C=Cc1ccc(COCCCN(C)C)cc1. The Hall–Kier alpha value is -1.12. The summed E-state index contributed by atoms with van der Waals surface area (Å²) in [6.45, 7) is 6.33. The van der Waals surface area contributed by atoms with Crippen molar-refractivity contribution in [2.24, 2.45) is 0 Å². The van der Waals surface area contributed by atoms with Gasteiger partial charge in [0.1, 0.15) is 0 Å². The molecule has 1 aromatic carbocycles. The van der Waals surface area contributed by atoms with E-state index in [-0.39, 0.29) is 0 Å². The highest BCUT2D eigenvalue weighted by Crippen LogP contribution is 2.06. The van der Waals surface area contributed by atoms with E-state index < -0.39 is 0 Å². The molecular weight excluding hydrogens is 198 g/mol. The van der Waals surface area contributed by atoms with Crippen molar-refractivity contribution in [2.75, 3.05) is 27.2 Å². The van der Waals surface area contributed by atoms with Crippen molar-refractivity contribution in [1.82, 2.24) is 4.90 Å². The van der Waals surface area contributed by atoms with E-state index in [1.165, 1.54) is 5.56 Å². The molecule has 0 N–H and O–H groups in total. The molecule has 0 aliphatic heterocycles. The van der Waals surface area contributed by atoms with Crippen molar-refractivity contribution < 1.29 is 4.74 Å². The van der Waals surface area contributed by atoms with Crippen LogP contribution >= 0.6 is 0 Å². The van der Waals surface area contributed by atoms with Gasteiger partial charge in [0.2, 0.25) is 0 Å². The Morgan fingerprint density at radius 2 is 1.94 bits per heavy atom. The second kappa shape index (κ2) is 7.20. The molecule has 0 unspecified atom stereocenters. The van der Waals surface area contributed by atoms with Crippen LogP contribution in [-0.2, 0) is 11.3 Å². The van der Waals surface area contributed by atoms with Crippen LogP contribution in [0.5, 0.6) is 0 Å². The Labute approximate surface area is 98.5 Å². The normalized spacial score (nSPS) is 10.7. The molecule has 0 heterocycles. The van der Waals surface area contributed by atoms with Gasteiger partial charge in [0, 0.05) is 6.61 Å². The van der Waals surface area contributed by atoms with Gasteiger partial charge in [0.25, 0.3) is 0 Å².